The lowest BCUT2D eigenvalue weighted by atomic mass is 10.0. The molecule has 4 nitrogen and oxygen atoms in total. The molecule has 0 heterocycles. The maximum atomic E-state index is 10.8. The highest BCUT2D eigenvalue weighted by molar-refractivity contribution is 9.10. The lowest BCUT2D eigenvalue weighted by molar-refractivity contribution is 0.0696. The quantitative estimate of drug-likeness (QED) is 0.782. The zero-order valence-electron chi connectivity index (χ0n) is 9.83. The fourth-order valence-electron chi connectivity index (χ4n) is 1.50. The standard InChI is InChI=1S/C12H16BrNO3/c1-12(2,5-6-15)14-8-3-4-9(11(16)17)10(13)7-8/h3-4,7,14-15H,5-6H2,1-2H3,(H,16,17). The molecule has 0 saturated carbocycles. The molecule has 1 rings (SSSR count). The van der Waals surface area contributed by atoms with Crippen LogP contribution in [-0.4, -0.2) is 28.3 Å². The van der Waals surface area contributed by atoms with Gasteiger partial charge in [0.1, 0.15) is 0 Å². The smallest absolute Gasteiger partial charge is 0.336 e. The number of hydrogen-bond donors (Lipinski definition) is 3. The number of halogens is 1. The van der Waals surface area contributed by atoms with Gasteiger partial charge in [-0.1, -0.05) is 0 Å². The second-order valence-electron chi connectivity index (χ2n) is 4.48. The minimum atomic E-state index is -0.960. The van der Waals surface area contributed by atoms with Gasteiger partial charge in [0, 0.05) is 22.3 Å². The van der Waals surface area contributed by atoms with E-state index in [0.717, 1.165) is 5.69 Å². The molecule has 0 aliphatic heterocycles. The lowest BCUT2D eigenvalue weighted by Crippen LogP contribution is -2.31. The van der Waals surface area contributed by atoms with Crippen LogP contribution in [0.1, 0.15) is 30.6 Å². The number of rotatable bonds is 5. The van der Waals surface area contributed by atoms with E-state index in [1.165, 1.54) is 0 Å². The van der Waals surface area contributed by atoms with Crippen LogP contribution in [0.2, 0.25) is 0 Å². The van der Waals surface area contributed by atoms with Crippen molar-refractivity contribution < 1.29 is 15.0 Å². The first-order valence-corrected chi connectivity index (χ1v) is 6.07. The Bertz CT molecular complexity index is 418. The largest absolute Gasteiger partial charge is 0.478 e. The van der Waals surface area contributed by atoms with E-state index in [2.05, 4.69) is 21.2 Å². The van der Waals surface area contributed by atoms with Gasteiger partial charge < -0.3 is 15.5 Å². The molecule has 3 N–H and O–H groups in total. The van der Waals surface area contributed by atoms with Gasteiger partial charge in [-0.25, -0.2) is 4.79 Å². The normalized spacial score (nSPS) is 11.3. The fourth-order valence-corrected chi connectivity index (χ4v) is 2.05. The third kappa shape index (κ3) is 4.02. The summed E-state index contributed by atoms with van der Waals surface area (Å²) >= 11 is 3.22. The van der Waals surface area contributed by atoms with Crippen molar-refractivity contribution in [1.82, 2.24) is 0 Å². The molecule has 1 aromatic rings. The third-order valence-electron chi connectivity index (χ3n) is 2.42. The second-order valence-corrected chi connectivity index (χ2v) is 5.34. The van der Waals surface area contributed by atoms with E-state index in [9.17, 15) is 4.79 Å². The van der Waals surface area contributed by atoms with Crippen molar-refractivity contribution in [1.29, 1.82) is 0 Å². The summed E-state index contributed by atoms with van der Waals surface area (Å²) in [4.78, 5) is 10.8. The molecule has 0 aromatic heterocycles. The number of aromatic carboxylic acids is 1. The minimum Gasteiger partial charge on any atom is -0.478 e. The molecule has 0 aliphatic rings. The van der Waals surface area contributed by atoms with Gasteiger partial charge in [-0.15, -0.1) is 0 Å². The average molecular weight is 302 g/mol. The summed E-state index contributed by atoms with van der Waals surface area (Å²) in [5, 5.41) is 21.1. The van der Waals surface area contributed by atoms with Crippen molar-refractivity contribution in [2.24, 2.45) is 0 Å². The first kappa shape index (κ1) is 14.0. The molecule has 0 atom stereocenters. The predicted octanol–water partition coefficient (Wildman–Crippen LogP) is 2.72. The van der Waals surface area contributed by atoms with Gasteiger partial charge in [0.25, 0.3) is 0 Å². The monoisotopic (exact) mass is 301 g/mol. The van der Waals surface area contributed by atoms with Crippen molar-refractivity contribution in [3.05, 3.63) is 28.2 Å². The number of aliphatic hydroxyl groups is 1. The maximum Gasteiger partial charge on any atom is 0.336 e. The van der Waals surface area contributed by atoms with Crippen molar-refractivity contribution in [2.75, 3.05) is 11.9 Å². The van der Waals surface area contributed by atoms with E-state index in [4.69, 9.17) is 10.2 Å². The molecule has 0 radical (unpaired) electrons. The Labute approximate surface area is 109 Å². The summed E-state index contributed by atoms with van der Waals surface area (Å²) in [6.45, 7) is 4.05. The molecule has 5 heteroatoms. The average Bonchev–Trinajstić information content (AvgIpc) is 2.15. The summed E-state index contributed by atoms with van der Waals surface area (Å²) < 4.78 is 0.537. The summed E-state index contributed by atoms with van der Waals surface area (Å²) in [6, 6.07) is 4.99. The summed E-state index contributed by atoms with van der Waals surface area (Å²) in [6.07, 6.45) is 0.616. The Morgan fingerprint density at radius 1 is 1.47 bits per heavy atom. The van der Waals surface area contributed by atoms with E-state index in [-0.39, 0.29) is 17.7 Å². The number of carboxylic acid groups (broad SMARTS) is 1. The van der Waals surface area contributed by atoms with Crippen LogP contribution < -0.4 is 5.32 Å². The maximum absolute atomic E-state index is 10.8. The number of aliphatic hydroxyl groups excluding tert-OH is 1. The van der Waals surface area contributed by atoms with Gasteiger partial charge in [0.05, 0.1) is 5.56 Å². The van der Waals surface area contributed by atoms with Crippen molar-refractivity contribution in [3.8, 4) is 0 Å². The number of hydrogen-bond acceptors (Lipinski definition) is 3. The molecule has 17 heavy (non-hydrogen) atoms. The van der Waals surface area contributed by atoms with Crippen LogP contribution >= 0.6 is 15.9 Å². The molecule has 94 valence electrons. The molecule has 1 aromatic carbocycles. The third-order valence-corrected chi connectivity index (χ3v) is 3.08. The van der Waals surface area contributed by atoms with Gasteiger partial charge in [-0.3, -0.25) is 0 Å². The van der Waals surface area contributed by atoms with E-state index in [1.54, 1.807) is 18.2 Å². The van der Waals surface area contributed by atoms with Crippen LogP contribution in [-0.2, 0) is 0 Å². The highest BCUT2D eigenvalue weighted by Crippen LogP contribution is 2.24. The van der Waals surface area contributed by atoms with Crippen LogP contribution in [0.25, 0.3) is 0 Å². The Morgan fingerprint density at radius 3 is 2.59 bits per heavy atom. The van der Waals surface area contributed by atoms with Crippen molar-refractivity contribution >= 4 is 27.6 Å². The number of carboxylic acids is 1. The molecule has 0 unspecified atom stereocenters. The molecule has 0 aliphatic carbocycles. The van der Waals surface area contributed by atoms with Crippen molar-refractivity contribution in [3.63, 3.8) is 0 Å². The topological polar surface area (TPSA) is 69.6 Å². The van der Waals surface area contributed by atoms with Crippen LogP contribution in [0, 0.1) is 0 Å². The summed E-state index contributed by atoms with van der Waals surface area (Å²) in [5.41, 5.74) is 0.815. The molecular weight excluding hydrogens is 286 g/mol. The molecule has 0 spiro atoms. The highest BCUT2D eigenvalue weighted by atomic mass is 79.9. The minimum absolute atomic E-state index is 0.106. The molecule has 0 fully saturated rings. The zero-order valence-corrected chi connectivity index (χ0v) is 11.4. The fraction of sp³-hybridized carbons (Fsp3) is 0.417. The van der Waals surface area contributed by atoms with Crippen LogP contribution in [0.3, 0.4) is 0 Å². The zero-order chi connectivity index (χ0) is 13.1. The number of nitrogens with one attached hydrogen (secondary N) is 1. The van der Waals surface area contributed by atoms with Crippen LogP contribution in [0.4, 0.5) is 5.69 Å². The molecule has 0 bridgehead atoms. The van der Waals surface area contributed by atoms with Gasteiger partial charge in [0.2, 0.25) is 0 Å². The highest BCUT2D eigenvalue weighted by Gasteiger charge is 2.17. The van der Waals surface area contributed by atoms with Gasteiger partial charge >= 0.3 is 5.97 Å². The number of benzene rings is 1. The first-order chi connectivity index (χ1) is 7.85. The Kier molecular flexibility index (Phi) is 4.54. The van der Waals surface area contributed by atoms with Crippen molar-refractivity contribution in [2.45, 2.75) is 25.8 Å². The summed E-state index contributed by atoms with van der Waals surface area (Å²) in [7, 11) is 0. The Balaban J connectivity index is 2.88. The first-order valence-electron chi connectivity index (χ1n) is 5.27. The van der Waals surface area contributed by atoms with Gasteiger partial charge in [-0.2, -0.15) is 0 Å². The van der Waals surface area contributed by atoms with Crippen LogP contribution in [0.15, 0.2) is 22.7 Å². The SMILES string of the molecule is CC(C)(CCO)Nc1ccc(C(=O)O)c(Br)c1. The number of carbonyl (C=O) groups is 1. The molecule has 0 amide bonds. The Morgan fingerprint density at radius 2 is 2.12 bits per heavy atom. The predicted molar refractivity (Wildman–Crippen MR) is 70.5 cm³/mol. The Hall–Kier alpha value is -1.07. The summed E-state index contributed by atoms with van der Waals surface area (Å²) in [5.74, 6) is -0.960. The van der Waals surface area contributed by atoms with Gasteiger partial charge in [-0.05, 0) is 54.4 Å². The van der Waals surface area contributed by atoms with E-state index in [0.29, 0.717) is 10.9 Å². The van der Waals surface area contributed by atoms with E-state index in [1.807, 2.05) is 13.8 Å². The van der Waals surface area contributed by atoms with Gasteiger partial charge in [0.15, 0.2) is 0 Å². The lowest BCUT2D eigenvalue weighted by Gasteiger charge is -2.27. The van der Waals surface area contributed by atoms with Crippen LogP contribution in [0.5, 0.6) is 0 Å². The van der Waals surface area contributed by atoms with E-state index >= 15 is 0 Å². The second kappa shape index (κ2) is 5.51. The molecule has 0 saturated heterocycles. The molecular formula is C12H16BrNO3. The number of anilines is 1. The van der Waals surface area contributed by atoms with E-state index < -0.39 is 5.97 Å².